The fourth-order valence-electron chi connectivity index (χ4n) is 1.85. The van der Waals surface area contributed by atoms with Crippen LogP contribution in [0.3, 0.4) is 0 Å². The molecule has 0 rings (SSSR count). The number of carboxylic acid groups (broad SMARTS) is 1. The van der Waals surface area contributed by atoms with E-state index in [1.807, 2.05) is 13.8 Å². The molecule has 126 valence electrons. The van der Waals surface area contributed by atoms with Crippen molar-refractivity contribution in [2.45, 2.75) is 78.4 Å². The second kappa shape index (κ2) is 12.1. The molecular formula is C15H32O5Si. The van der Waals surface area contributed by atoms with Crippen LogP contribution in [0.5, 0.6) is 0 Å². The number of aliphatic carboxylic acids is 1. The van der Waals surface area contributed by atoms with Crippen molar-refractivity contribution in [3.05, 3.63) is 0 Å². The molecule has 0 aliphatic heterocycles. The summed E-state index contributed by atoms with van der Waals surface area (Å²) in [6.45, 7) is 9.23. The molecule has 0 radical (unpaired) electrons. The van der Waals surface area contributed by atoms with E-state index in [1.54, 1.807) is 0 Å². The molecule has 0 aromatic rings. The molecule has 1 atom stereocenters. The molecule has 0 aliphatic carbocycles. The van der Waals surface area contributed by atoms with Gasteiger partial charge in [0.05, 0.1) is 0 Å². The van der Waals surface area contributed by atoms with Crippen LogP contribution in [0, 0.1) is 0 Å². The quantitative estimate of drug-likeness (QED) is 0.389. The summed E-state index contributed by atoms with van der Waals surface area (Å²) in [4.78, 5) is 11.3. The molecule has 0 aliphatic rings. The Labute approximate surface area is 130 Å². The molecule has 0 saturated carbocycles. The molecule has 0 aromatic carbocycles. The summed E-state index contributed by atoms with van der Waals surface area (Å²) < 4.78 is 17.7. The lowest BCUT2D eigenvalue weighted by Gasteiger charge is -2.31. The molecule has 1 unspecified atom stereocenters. The first kappa shape index (κ1) is 20.6. The summed E-state index contributed by atoms with van der Waals surface area (Å²) in [5.74, 6) is -0.930. The number of carboxylic acids is 1. The van der Waals surface area contributed by atoms with E-state index < -0.39 is 20.9 Å². The SMILES string of the molecule is CCCCO[Si](CC)(OCCCC)OC(CCC)C(=O)O. The van der Waals surface area contributed by atoms with E-state index in [0.717, 1.165) is 32.1 Å². The third-order valence-electron chi connectivity index (χ3n) is 3.22. The van der Waals surface area contributed by atoms with Crippen LogP contribution in [-0.2, 0) is 18.1 Å². The number of hydrogen-bond acceptors (Lipinski definition) is 4. The van der Waals surface area contributed by atoms with E-state index in [0.29, 0.717) is 25.7 Å². The minimum absolute atomic E-state index is 0.484. The number of unbranched alkanes of at least 4 members (excludes halogenated alkanes) is 2. The van der Waals surface area contributed by atoms with E-state index in [2.05, 4.69) is 13.8 Å². The Balaban J connectivity index is 4.81. The maximum absolute atomic E-state index is 11.3. The topological polar surface area (TPSA) is 65.0 Å². The summed E-state index contributed by atoms with van der Waals surface area (Å²) in [7, 11) is -2.89. The minimum Gasteiger partial charge on any atom is -0.479 e. The zero-order valence-electron chi connectivity index (χ0n) is 14.0. The van der Waals surface area contributed by atoms with Crippen molar-refractivity contribution in [3.8, 4) is 0 Å². The first-order chi connectivity index (χ1) is 10.0. The van der Waals surface area contributed by atoms with E-state index in [-0.39, 0.29) is 0 Å². The van der Waals surface area contributed by atoms with Gasteiger partial charge in [-0.05, 0) is 19.3 Å². The van der Waals surface area contributed by atoms with Crippen LogP contribution in [-0.4, -0.2) is 39.2 Å². The van der Waals surface area contributed by atoms with E-state index in [4.69, 9.17) is 13.3 Å². The van der Waals surface area contributed by atoms with Crippen molar-refractivity contribution in [2.75, 3.05) is 13.2 Å². The van der Waals surface area contributed by atoms with Crippen LogP contribution in [0.2, 0.25) is 6.04 Å². The summed E-state index contributed by atoms with van der Waals surface area (Å²) in [6.07, 6.45) is 4.33. The van der Waals surface area contributed by atoms with Gasteiger partial charge < -0.3 is 18.4 Å². The second-order valence-corrected chi connectivity index (χ2v) is 8.06. The Morgan fingerprint density at radius 2 is 1.52 bits per heavy atom. The Morgan fingerprint density at radius 1 is 1.00 bits per heavy atom. The summed E-state index contributed by atoms with van der Waals surface area (Å²) in [5.41, 5.74) is 0. The molecule has 0 saturated heterocycles. The predicted molar refractivity (Wildman–Crippen MR) is 85.4 cm³/mol. The lowest BCUT2D eigenvalue weighted by atomic mass is 10.2. The standard InChI is InChI=1S/C15H32O5Si/c1-5-9-12-18-21(8-4,19-13-10-6-2)20-14(11-7-3)15(16)17/h14H,5-13H2,1-4H3,(H,16,17). The molecule has 21 heavy (non-hydrogen) atoms. The van der Waals surface area contributed by atoms with Gasteiger partial charge in [0.15, 0.2) is 0 Å². The van der Waals surface area contributed by atoms with Gasteiger partial charge in [-0.3, -0.25) is 0 Å². The van der Waals surface area contributed by atoms with Crippen molar-refractivity contribution in [1.82, 2.24) is 0 Å². The highest BCUT2D eigenvalue weighted by atomic mass is 28.4. The van der Waals surface area contributed by atoms with E-state index in [9.17, 15) is 9.90 Å². The van der Waals surface area contributed by atoms with Crippen LogP contribution in [0.25, 0.3) is 0 Å². The minimum atomic E-state index is -2.89. The van der Waals surface area contributed by atoms with Crippen molar-refractivity contribution < 1.29 is 23.2 Å². The first-order valence-corrected chi connectivity index (χ1v) is 10.2. The normalized spacial score (nSPS) is 13.3. The van der Waals surface area contributed by atoms with Crippen molar-refractivity contribution in [3.63, 3.8) is 0 Å². The average molecular weight is 321 g/mol. The maximum Gasteiger partial charge on any atom is 0.501 e. The second-order valence-electron chi connectivity index (χ2n) is 5.17. The van der Waals surface area contributed by atoms with Gasteiger partial charge in [-0.25, -0.2) is 4.79 Å². The predicted octanol–water partition coefficient (Wildman–Crippen LogP) is 3.85. The fourth-order valence-corrected chi connectivity index (χ4v) is 4.21. The van der Waals surface area contributed by atoms with Crippen LogP contribution in [0.1, 0.15) is 66.2 Å². The monoisotopic (exact) mass is 320 g/mol. The van der Waals surface area contributed by atoms with Crippen LogP contribution >= 0.6 is 0 Å². The highest BCUT2D eigenvalue weighted by molar-refractivity contribution is 6.60. The lowest BCUT2D eigenvalue weighted by Crippen LogP contribution is -2.50. The van der Waals surface area contributed by atoms with Crippen molar-refractivity contribution in [2.24, 2.45) is 0 Å². The molecule has 6 heteroatoms. The largest absolute Gasteiger partial charge is 0.501 e. The molecular weight excluding hydrogens is 288 g/mol. The molecule has 0 amide bonds. The zero-order valence-corrected chi connectivity index (χ0v) is 15.0. The third-order valence-corrected chi connectivity index (χ3v) is 6.02. The van der Waals surface area contributed by atoms with Crippen LogP contribution < -0.4 is 0 Å². The Bertz CT molecular complexity index is 263. The number of rotatable bonds is 14. The van der Waals surface area contributed by atoms with Gasteiger partial charge in [0.25, 0.3) is 0 Å². The number of hydrogen-bond donors (Lipinski definition) is 1. The zero-order chi connectivity index (χ0) is 16.1. The van der Waals surface area contributed by atoms with Gasteiger partial charge >= 0.3 is 14.8 Å². The lowest BCUT2D eigenvalue weighted by molar-refractivity contribution is -0.148. The first-order valence-electron chi connectivity index (χ1n) is 8.23. The fraction of sp³-hybridized carbons (Fsp3) is 0.933. The van der Waals surface area contributed by atoms with E-state index in [1.165, 1.54) is 0 Å². The van der Waals surface area contributed by atoms with Gasteiger partial charge in [-0.2, -0.15) is 0 Å². The van der Waals surface area contributed by atoms with Crippen molar-refractivity contribution in [1.29, 1.82) is 0 Å². The maximum atomic E-state index is 11.3. The number of carbonyl (C=O) groups is 1. The molecule has 0 fully saturated rings. The third kappa shape index (κ3) is 8.56. The molecule has 0 aromatic heterocycles. The molecule has 0 heterocycles. The Hall–Kier alpha value is -0.433. The summed E-state index contributed by atoms with van der Waals surface area (Å²) >= 11 is 0. The van der Waals surface area contributed by atoms with Gasteiger partial charge in [0.2, 0.25) is 0 Å². The molecule has 0 bridgehead atoms. The van der Waals surface area contributed by atoms with Crippen LogP contribution in [0.4, 0.5) is 0 Å². The highest BCUT2D eigenvalue weighted by Crippen LogP contribution is 2.21. The van der Waals surface area contributed by atoms with Gasteiger partial charge in [0.1, 0.15) is 6.10 Å². The van der Waals surface area contributed by atoms with Gasteiger partial charge in [0, 0.05) is 19.3 Å². The Kier molecular flexibility index (Phi) is 11.9. The van der Waals surface area contributed by atoms with E-state index >= 15 is 0 Å². The molecule has 5 nitrogen and oxygen atoms in total. The van der Waals surface area contributed by atoms with Crippen LogP contribution in [0.15, 0.2) is 0 Å². The smallest absolute Gasteiger partial charge is 0.479 e. The van der Waals surface area contributed by atoms with Crippen molar-refractivity contribution >= 4 is 14.8 Å². The Morgan fingerprint density at radius 3 is 1.86 bits per heavy atom. The average Bonchev–Trinajstić information content (AvgIpc) is 2.46. The summed E-state index contributed by atoms with van der Waals surface area (Å²) in [5, 5.41) is 9.29. The highest BCUT2D eigenvalue weighted by Gasteiger charge is 2.43. The summed E-state index contributed by atoms with van der Waals surface area (Å²) in [6, 6.07) is 0.605. The molecule has 0 spiro atoms. The van der Waals surface area contributed by atoms with Gasteiger partial charge in [-0.15, -0.1) is 0 Å². The van der Waals surface area contributed by atoms with Gasteiger partial charge in [-0.1, -0.05) is 47.0 Å². The molecule has 1 N–H and O–H groups in total.